The first-order valence-electron chi connectivity index (χ1n) is 7.15. The van der Waals surface area contributed by atoms with Crippen molar-refractivity contribution in [1.29, 1.82) is 0 Å². The van der Waals surface area contributed by atoms with Crippen molar-refractivity contribution in [1.82, 2.24) is 9.78 Å². The van der Waals surface area contributed by atoms with Gasteiger partial charge >= 0.3 is 0 Å². The minimum absolute atomic E-state index is 0.0860. The zero-order valence-corrected chi connectivity index (χ0v) is 12.4. The van der Waals surface area contributed by atoms with Crippen molar-refractivity contribution in [3.05, 3.63) is 18.0 Å². The van der Waals surface area contributed by atoms with Crippen LogP contribution in [0.3, 0.4) is 0 Å². The molecule has 0 bridgehead atoms. The van der Waals surface area contributed by atoms with Crippen LogP contribution >= 0.6 is 11.8 Å². The summed E-state index contributed by atoms with van der Waals surface area (Å²) in [6.45, 7) is 0.862. The van der Waals surface area contributed by atoms with E-state index in [4.69, 9.17) is 10.5 Å². The Morgan fingerprint density at radius 1 is 1.53 bits per heavy atom. The number of aromatic nitrogens is 2. The number of hydrogen-bond donors (Lipinski definition) is 1. The molecule has 1 aromatic heterocycles. The molecule has 2 aliphatic rings. The fourth-order valence-electron chi connectivity index (χ4n) is 3.42. The third-order valence-corrected chi connectivity index (χ3v) is 5.63. The molecule has 19 heavy (non-hydrogen) atoms. The predicted octanol–water partition coefficient (Wildman–Crippen LogP) is 2.11. The average molecular weight is 281 g/mol. The summed E-state index contributed by atoms with van der Waals surface area (Å²) in [5.41, 5.74) is 7.74. The van der Waals surface area contributed by atoms with Gasteiger partial charge in [0.15, 0.2) is 0 Å². The van der Waals surface area contributed by atoms with Crippen molar-refractivity contribution in [2.24, 2.45) is 18.7 Å². The highest BCUT2D eigenvalue weighted by atomic mass is 32.2. The zero-order valence-electron chi connectivity index (χ0n) is 11.5. The molecular formula is C14H23N3OS. The molecular weight excluding hydrogens is 258 g/mol. The molecule has 0 aliphatic carbocycles. The van der Waals surface area contributed by atoms with E-state index in [0.29, 0.717) is 5.92 Å². The van der Waals surface area contributed by atoms with Crippen molar-refractivity contribution in [2.45, 2.75) is 37.3 Å². The highest BCUT2D eigenvalue weighted by Gasteiger charge is 2.40. The maximum Gasteiger partial charge on any atom is 0.0701 e. The Kier molecular flexibility index (Phi) is 3.87. The van der Waals surface area contributed by atoms with E-state index in [-0.39, 0.29) is 11.6 Å². The van der Waals surface area contributed by atoms with Crippen molar-refractivity contribution >= 4 is 11.8 Å². The number of thioether (sulfide) groups is 1. The van der Waals surface area contributed by atoms with Gasteiger partial charge in [0.05, 0.1) is 11.3 Å². The first kappa shape index (κ1) is 13.5. The maximum absolute atomic E-state index is 6.48. The fraction of sp³-hybridized carbons (Fsp3) is 0.786. The summed E-state index contributed by atoms with van der Waals surface area (Å²) in [6, 6.07) is 2.13. The lowest BCUT2D eigenvalue weighted by atomic mass is 9.78. The van der Waals surface area contributed by atoms with Gasteiger partial charge in [0.25, 0.3) is 0 Å². The number of nitrogens with two attached hydrogens (primary N) is 1. The van der Waals surface area contributed by atoms with Gasteiger partial charge in [-0.25, -0.2) is 0 Å². The van der Waals surface area contributed by atoms with Crippen LogP contribution in [0.2, 0.25) is 0 Å². The van der Waals surface area contributed by atoms with Crippen LogP contribution in [0.25, 0.3) is 0 Å². The van der Waals surface area contributed by atoms with Gasteiger partial charge in [-0.15, -0.1) is 0 Å². The molecule has 5 heteroatoms. The van der Waals surface area contributed by atoms with Gasteiger partial charge in [-0.3, -0.25) is 4.68 Å². The highest BCUT2D eigenvalue weighted by Crippen LogP contribution is 2.42. The van der Waals surface area contributed by atoms with Gasteiger partial charge in [0.1, 0.15) is 0 Å². The molecule has 0 aromatic carbocycles. The molecule has 0 amide bonds. The second-order valence-corrected chi connectivity index (χ2v) is 7.03. The Labute approximate surface area is 119 Å². The molecule has 2 atom stereocenters. The molecule has 0 radical (unpaired) electrons. The normalized spacial score (nSPS) is 28.4. The summed E-state index contributed by atoms with van der Waals surface area (Å²) in [5, 5.41) is 4.24. The Morgan fingerprint density at radius 2 is 2.32 bits per heavy atom. The highest BCUT2D eigenvalue weighted by molar-refractivity contribution is 7.99. The van der Waals surface area contributed by atoms with E-state index in [1.807, 2.05) is 35.8 Å². The third kappa shape index (κ3) is 2.69. The molecule has 2 N–H and O–H groups in total. The van der Waals surface area contributed by atoms with Crippen molar-refractivity contribution in [2.75, 3.05) is 18.1 Å². The number of hydrogen-bond acceptors (Lipinski definition) is 4. The third-order valence-electron chi connectivity index (χ3n) is 4.64. The van der Waals surface area contributed by atoms with Crippen molar-refractivity contribution in [3.8, 4) is 0 Å². The molecule has 3 rings (SSSR count). The van der Waals surface area contributed by atoms with E-state index in [2.05, 4.69) is 5.10 Å². The molecule has 3 heterocycles. The van der Waals surface area contributed by atoms with Crippen LogP contribution in [-0.4, -0.2) is 33.5 Å². The van der Waals surface area contributed by atoms with Gasteiger partial charge in [0, 0.05) is 25.9 Å². The lowest BCUT2D eigenvalue weighted by Crippen LogP contribution is -2.45. The summed E-state index contributed by atoms with van der Waals surface area (Å²) in [6.07, 6.45) is 6.39. The predicted molar refractivity (Wildman–Crippen MR) is 78.1 cm³/mol. The van der Waals surface area contributed by atoms with Gasteiger partial charge in [-0.1, -0.05) is 0 Å². The molecule has 4 nitrogen and oxygen atoms in total. The Morgan fingerprint density at radius 3 is 3.00 bits per heavy atom. The topological polar surface area (TPSA) is 53.1 Å². The second-order valence-electron chi connectivity index (χ2n) is 5.80. The van der Waals surface area contributed by atoms with Crippen LogP contribution in [-0.2, 0) is 11.8 Å². The molecule has 2 fully saturated rings. The molecule has 2 saturated heterocycles. The molecule has 2 unspecified atom stereocenters. The Balaban J connectivity index is 1.72. The molecule has 106 valence electrons. The maximum atomic E-state index is 6.48. The van der Waals surface area contributed by atoms with Crippen molar-refractivity contribution in [3.63, 3.8) is 0 Å². The van der Waals surface area contributed by atoms with Crippen LogP contribution in [0.15, 0.2) is 12.3 Å². The molecule has 0 saturated carbocycles. The summed E-state index contributed by atoms with van der Waals surface area (Å²) in [5.74, 6) is 2.98. The molecule has 1 spiro atoms. The van der Waals surface area contributed by atoms with Crippen LogP contribution in [0, 0.1) is 5.92 Å². The Bertz CT molecular complexity index is 423. The van der Waals surface area contributed by atoms with E-state index in [1.165, 1.54) is 24.3 Å². The first-order chi connectivity index (χ1) is 9.20. The number of aryl methyl sites for hydroxylation is 1. The Hall–Kier alpha value is -0.520. The standard InChI is InChI=1S/C14H23N3OS/c1-17-12(2-6-16-17)13(15)11-3-7-18-14(10-11)4-8-19-9-5-14/h2,6,11,13H,3-5,7-10,15H2,1H3. The summed E-state index contributed by atoms with van der Waals surface area (Å²) in [4.78, 5) is 0. The minimum Gasteiger partial charge on any atom is -0.375 e. The molecule has 1 aromatic rings. The molecule has 2 aliphatic heterocycles. The van der Waals surface area contributed by atoms with E-state index in [1.54, 1.807) is 0 Å². The lowest BCUT2D eigenvalue weighted by molar-refractivity contribution is -0.106. The van der Waals surface area contributed by atoms with Crippen LogP contribution < -0.4 is 5.73 Å². The fourth-order valence-corrected chi connectivity index (χ4v) is 4.65. The van der Waals surface area contributed by atoms with Gasteiger partial charge < -0.3 is 10.5 Å². The van der Waals surface area contributed by atoms with Gasteiger partial charge in [-0.2, -0.15) is 16.9 Å². The number of nitrogens with zero attached hydrogens (tertiary/aromatic N) is 2. The van der Waals surface area contributed by atoms with Crippen LogP contribution in [0.4, 0.5) is 0 Å². The minimum atomic E-state index is 0.0860. The van der Waals surface area contributed by atoms with Crippen LogP contribution in [0.5, 0.6) is 0 Å². The largest absolute Gasteiger partial charge is 0.375 e. The quantitative estimate of drug-likeness (QED) is 0.902. The van der Waals surface area contributed by atoms with E-state index in [0.717, 1.165) is 25.1 Å². The second kappa shape index (κ2) is 5.46. The summed E-state index contributed by atoms with van der Waals surface area (Å²) < 4.78 is 8.05. The summed E-state index contributed by atoms with van der Waals surface area (Å²) >= 11 is 2.05. The SMILES string of the molecule is Cn1nccc1C(N)C1CCOC2(CCSCC2)C1. The lowest BCUT2D eigenvalue weighted by Gasteiger charge is -2.44. The zero-order chi connectivity index (χ0) is 13.3. The van der Waals surface area contributed by atoms with E-state index >= 15 is 0 Å². The smallest absolute Gasteiger partial charge is 0.0701 e. The van der Waals surface area contributed by atoms with Gasteiger partial charge in [-0.05, 0) is 49.2 Å². The van der Waals surface area contributed by atoms with Crippen LogP contribution in [0.1, 0.15) is 37.4 Å². The van der Waals surface area contributed by atoms with Crippen molar-refractivity contribution < 1.29 is 4.74 Å². The number of rotatable bonds is 2. The van der Waals surface area contributed by atoms with Gasteiger partial charge in [0.2, 0.25) is 0 Å². The van der Waals surface area contributed by atoms with E-state index in [9.17, 15) is 0 Å². The monoisotopic (exact) mass is 281 g/mol. The number of ether oxygens (including phenoxy) is 1. The summed E-state index contributed by atoms with van der Waals surface area (Å²) in [7, 11) is 1.97. The first-order valence-corrected chi connectivity index (χ1v) is 8.31. The van der Waals surface area contributed by atoms with E-state index < -0.39 is 0 Å². The average Bonchev–Trinajstić information content (AvgIpc) is 2.85.